The van der Waals surface area contributed by atoms with Crippen LogP contribution >= 0.6 is 11.6 Å². The van der Waals surface area contributed by atoms with Crippen LogP contribution in [0.4, 0.5) is 0 Å². The number of nitriles is 1. The molecule has 16 heavy (non-hydrogen) atoms. The largest absolute Gasteiger partial charge is 0.477 e. The third-order valence-corrected chi connectivity index (χ3v) is 2.39. The molecular formula is C12H10ClNO2. The minimum Gasteiger partial charge on any atom is -0.477 e. The Labute approximate surface area is 98.6 Å². The molecule has 0 bridgehead atoms. The van der Waals surface area contributed by atoms with Crippen molar-refractivity contribution in [3.05, 3.63) is 46.0 Å². The average Bonchev–Trinajstić information content (AvgIpc) is 2.22. The lowest BCUT2D eigenvalue weighted by Gasteiger charge is -2.03. The number of carbonyl (C=O) groups is 1. The molecular weight excluding hydrogens is 226 g/mol. The molecule has 0 saturated carbocycles. The molecule has 82 valence electrons. The first-order chi connectivity index (χ1) is 7.54. The summed E-state index contributed by atoms with van der Waals surface area (Å²) in [6.45, 7) is 1.64. The standard InChI is InChI=1S/C12H10ClNO2/c1-8(11(7-14)12(15)16)6-9-2-4-10(13)5-3-9/h2-5H,6H2,1H3,(H,15,16)/b11-8+. The van der Waals surface area contributed by atoms with E-state index in [1.165, 1.54) is 0 Å². The van der Waals surface area contributed by atoms with E-state index in [0.717, 1.165) is 5.56 Å². The Kier molecular flexibility index (Phi) is 4.10. The molecule has 0 aliphatic heterocycles. The summed E-state index contributed by atoms with van der Waals surface area (Å²) in [5.41, 5.74) is 1.27. The first-order valence-corrected chi connectivity index (χ1v) is 5.00. The van der Waals surface area contributed by atoms with E-state index in [2.05, 4.69) is 0 Å². The molecule has 1 N–H and O–H groups in total. The van der Waals surface area contributed by atoms with Gasteiger partial charge in [-0.25, -0.2) is 4.79 Å². The van der Waals surface area contributed by atoms with Crippen molar-refractivity contribution in [2.75, 3.05) is 0 Å². The van der Waals surface area contributed by atoms with Crippen LogP contribution in [0.1, 0.15) is 12.5 Å². The van der Waals surface area contributed by atoms with Crippen molar-refractivity contribution in [3.63, 3.8) is 0 Å². The van der Waals surface area contributed by atoms with Crippen LogP contribution in [0.15, 0.2) is 35.4 Å². The van der Waals surface area contributed by atoms with E-state index >= 15 is 0 Å². The number of hydrogen-bond donors (Lipinski definition) is 1. The van der Waals surface area contributed by atoms with Crippen molar-refractivity contribution < 1.29 is 9.90 Å². The molecule has 0 heterocycles. The molecule has 0 spiro atoms. The summed E-state index contributed by atoms with van der Waals surface area (Å²) in [5, 5.41) is 18.1. The maximum absolute atomic E-state index is 10.7. The highest BCUT2D eigenvalue weighted by Gasteiger charge is 2.10. The molecule has 0 aromatic heterocycles. The molecule has 0 fully saturated rings. The summed E-state index contributed by atoms with van der Waals surface area (Å²) < 4.78 is 0. The highest BCUT2D eigenvalue weighted by Crippen LogP contribution is 2.15. The van der Waals surface area contributed by atoms with Gasteiger partial charge >= 0.3 is 5.97 Å². The van der Waals surface area contributed by atoms with E-state index in [1.54, 1.807) is 25.1 Å². The van der Waals surface area contributed by atoms with Gasteiger partial charge in [0.05, 0.1) is 0 Å². The van der Waals surface area contributed by atoms with Crippen LogP contribution in [0.25, 0.3) is 0 Å². The first kappa shape index (κ1) is 12.3. The fourth-order valence-electron chi connectivity index (χ4n) is 1.32. The van der Waals surface area contributed by atoms with Crippen LogP contribution in [0.2, 0.25) is 5.02 Å². The summed E-state index contributed by atoms with van der Waals surface area (Å²) in [5.74, 6) is -1.19. The SMILES string of the molecule is C/C(Cc1ccc(Cl)cc1)=C(/C#N)C(=O)O. The van der Waals surface area contributed by atoms with Crippen molar-refractivity contribution in [1.29, 1.82) is 5.26 Å². The quantitative estimate of drug-likeness (QED) is 0.647. The minimum atomic E-state index is -1.19. The lowest BCUT2D eigenvalue weighted by molar-refractivity contribution is -0.132. The number of carboxylic acid groups (broad SMARTS) is 1. The molecule has 3 nitrogen and oxygen atoms in total. The second-order valence-electron chi connectivity index (χ2n) is 3.38. The zero-order valence-electron chi connectivity index (χ0n) is 8.70. The van der Waals surface area contributed by atoms with Gasteiger partial charge in [0.1, 0.15) is 11.6 Å². The Morgan fingerprint density at radius 2 is 2.00 bits per heavy atom. The molecule has 0 aliphatic rings. The number of aliphatic carboxylic acids is 1. The fourth-order valence-corrected chi connectivity index (χ4v) is 1.45. The van der Waals surface area contributed by atoms with E-state index in [-0.39, 0.29) is 5.57 Å². The minimum absolute atomic E-state index is 0.199. The van der Waals surface area contributed by atoms with E-state index in [9.17, 15) is 4.79 Å². The van der Waals surface area contributed by atoms with Crippen LogP contribution in [0, 0.1) is 11.3 Å². The monoisotopic (exact) mass is 235 g/mol. The van der Waals surface area contributed by atoms with Gasteiger partial charge in [-0.05, 0) is 36.6 Å². The zero-order chi connectivity index (χ0) is 12.1. The number of nitrogens with zero attached hydrogens (tertiary/aromatic N) is 1. The predicted octanol–water partition coefficient (Wildman–Crippen LogP) is 2.81. The maximum Gasteiger partial charge on any atom is 0.346 e. The van der Waals surface area contributed by atoms with Crippen molar-refractivity contribution in [2.45, 2.75) is 13.3 Å². The Bertz CT molecular complexity index is 469. The number of allylic oxidation sites excluding steroid dienone is 1. The Morgan fingerprint density at radius 1 is 1.44 bits per heavy atom. The van der Waals surface area contributed by atoms with Crippen molar-refractivity contribution in [3.8, 4) is 6.07 Å². The molecule has 0 atom stereocenters. The Balaban J connectivity index is 2.93. The molecule has 4 heteroatoms. The van der Waals surface area contributed by atoms with Gasteiger partial charge in [-0.15, -0.1) is 0 Å². The van der Waals surface area contributed by atoms with Gasteiger partial charge < -0.3 is 5.11 Å². The van der Waals surface area contributed by atoms with Gasteiger partial charge in [-0.1, -0.05) is 23.7 Å². The van der Waals surface area contributed by atoms with Crippen LogP contribution in [-0.2, 0) is 11.2 Å². The predicted molar refractivity (Wildman–Crippen MR) is 61.1 cm³/mol. The van der Waals surface area contributed by atoms with Gasteiger partial charge in [-0.2, -0.15) is 5.26 Å². The maximum atomic E-state index is 10.7. The van der Waals surface area contributed by atoms with Crippen molar-refractivity contribution in [2.24, 2.45) is 0 Å². The molecule has 0 saturated heterocycles. The summed E-state index contributed by atoms with van der Waals surface area (Å²) in [4.78, 5) is 10.7. The number of benzene rings is 1. The molecule has 1 aromatic rings. The highest BCUT2D eigenvalue weighted by molar-refractivity contribution is 6.30. The summed E-state index contributed by atoms with van der Waals surface area (Å²) in [7, 11) is 0. The lowest BCUT2D eigenvalue weighted by Crippen LogP contribution is -2.02. The fraction of sp³-hybridized carbons (Fsp3) is 0.167. The van der Waals surface area contributed by atoms with E-state index in [0.29, 0.717) is 17.0 Å². The molecule has 1 aromatic carbocycles. The van der Waals surface area contributed by atoms with E-state index in [4.69, 9.17) is 22.0 Å². The van der Waals surface area contributed by atoms with Gasteiger partial charge in [0, 0.05) is 5.02 Å². The molecule has 0 radical (unpaired) electrons. The van der Waals surface area contributed by atoms with Crippen LogP contribution < -0.4 is 0 Å². The molecule has 0 amide bonds. The summed E-state index contributed by atoms with van der Waals surface area (Å²) in [6, 6.07) is 8.77. The molecule has 0 aliphatic carbocycles. The van der Waals surface area contributed by atoms with E-state index < -0.39 is 5.97 Å². The summed E-state index contributed by atoms with van der Waals surface area (Å²) >= 11 is 5.73. The topological polar surface area (TPSA) is 61.1 Å². The number of hydrogen-bond acceptors (Lipinski definition) is 2. The highest BCUT2D eigenvalue weighted by atomic mass is 35.5. The lowest BCUT2D eigenvalue weighted by atomic mass is 10.0. The van der Waals surface area contributed by atoms with Crippen LogP contribution in [0.5, 0.6) is 0 Å². The second-order valence-corrected chi connectivity index (χ2v) is 3.81. The average molecular weight is 236 g/mol. The van der Waals surface area contributed by atoms with Gasteiger partial charge in [-0.3, -0.25) is 0 Å². The first-order valence-electron chi connectivity index (χ1n) is 4.62. The third kappa shape index (κ3) is 3.11. The van der Waals surface area contributed by atoms with Gasteiger partial charge in [0.15, 0.2) is 0 Å². The number of carboxylic acids is 1. The summed E-state index contributed by atoms with van der Waals surface area (Å²) in [6.07, 6.45) is 0.437. The normalized spacial score (nSPS) is 11.6. The van der Waals surface area contributed by atoms with E-state index in [1.807, 2.05) is 12.1 Å². The Morgan fingerprint density at radius 3 is 2.44 bits per heavy atom. The van der Waals surface area contributed by atoms with Crippen molar-refractivity contribution in [1.82, 2.24) is 0 Å². The van der Waals surface area contributed by atoms with Crippen LogP contribution in [-0.4, -0.2) is 11.1 Å². The molecule has 1 rings (SSSR count). The zero-order valence-corrected chi connectivity index (χ0v) is 9.45. The molecule has 0 unspecified atom stereocenters. The number of rotatable bonds is 3. The Hall–Kier alpha value is -1.79. The van der Waals surface area contributed by atoms with Gasteiger partial charge in [0.2, 0.25) is 0 Å². The van der Waals surface area contributed by atoms with Crippen LogP contribution in [0.3, 0.4) is 0 Å². The van der Waals surface area contributed by atoms with Crippen molar-refractivity contribution >= 4 is 17.6 Å². The third-order valence-electron chi connectivity index (χ3n) is 2.13. The number of halogens is 1. The second kappa shape index (κ2) is 5.34. The van der Waals surface area contributed by atoms with Gasteiger partial charge in [0.25, 0.3) is 0 Å². The smallest absolute Gasteiger partial charge is 0.346 e.